The maximum atomic E-state index is 12.3. The van der Waals surface area contributed by atoms with E-state index >= 15 is 0 Å². The van der Waals surface area contributed by atoms with Crippen molar-refractivity contribution >= 4 is 29.3 Å². The van der Waals surface area contributed by atoms with E-state index in [0.717, 1.165) is 18.4 Å². The molecule has 158 valence electrons. The minimum atomic E-state index is -0.319. The van der Waals surface area contributed by atoms with Gasteiger partial charge in [0.1, 0.15) is 5.75 Å². The molecule has 1 atom stereocenters. The van der Waals surface area contributed by atoms with E-state index in [2.05, 4.69) is 15.5 Å². The molecule has 0 bridgehead atoms. The number of ether oxygens (including phenoxy) is 1. The lowest BCUT2D eigenvalue weighted by Crippen LogP contribution is -2.35. The molecule has 1 heterocycles. The van der Waals surface area contributed by atoms with Crippen LogP contribution in [0.5, 0.6) is 5.75 Å². The number of carbonyl (C=O) groups is 1. The van der Waals surface area contributed by atoms with E-state index in [-0.39, 0.29) is 12.0 Å². The average Bonchev–Trinajstić information content (AvgIpc) is 2.87. The predicted molar refractivity (Wildman–Crippen MR) is 117 cm³/mol. The van der Waals surface area contributed by atoms with E-state index in [9.17, 15) is 4.79 Å². The van der Waals surface area contributed by atoms with Gasteiger partial charge in [-0.05, 0) is 44.4 Å². The largest absolute Gasteiger partial charge is 0.481 e. The van der Waals surface area contributed by atoms with Crippen molar-refractivity contribution in [2.75, 3.05) is 5.75 Å². The maximum absolute atomic E-state index is 12.3. The number of halogens is 1. The number of rotatable bonds is 7. The molecule has 8 heteroatoms. The highest BCUT2D eigenvalue weighted by atomic mass is 35.5. The monoisotopic (exact) mass is 436 g/mol. The van der Waals surface area contributed by atoms with Gasteiger partial charge in [-0.25, -0.2) is 0 Å². The summed E-state index contributed by atoms with van der Waals surface area (Å²) >= 11 is 7.63. The lowest BCUT2D eigenvalue weighted by Gasteiger charge is -2.16. The first-order valence-corrected chi connectivity index (χ1v) is 11.5. The number of amides is 1. The molecular formula is C21H29ClN4O2S. The van der Waals surface area contributed by atoms with Crippen molar-refractivity contribution in [2.45, 2.75) is 69.7 Å². The molecule has 2 aromatic rings. The second-order valence-corrected chi connectivity index (χ2v) is 8.99. The zero-order valence-corrected chi connectivity index (χ0v) is 18.9. The summed E-state index contributed by atoms with van der Waals surface area (Å²) in [5.41, 5.74) is 1.07. The second-order valence-electron chi connectivity index (χ2n) is 7.64. The Morgan fingerprint density at radius 1 is 1.31 bits per heavy atom. The highest BCUT2D eigenvalue weighted by molar-refractivity contribution is 7.99. The van der Waals surface area contributed by atoms with Crippen molar-refractivity contribution in [3.63, 3.8) is 0 Å². The van der Waals surface area contributed by atoms with Crippen LogP contribution in [0.2, 0.25) is 5.02 Å². The molecule has 3 rings (SSSR count). The van der Waals surface area contributed by atoms with Gasteiger partial charge in [0, 0.05) is 13.1 Å². The zero-order chi connectivity index (χ0) is 20.8. The number of carbonyl (C=O) groups excluding carboxylic acids is 1. The van der Waals surface area contributed by atoms with Gasteiger partial charge < -0.3 is 14.6 Å². The molecule has 0 spiro atoms. The van der Waals surface area contributed by atoms with Gasteiger partial charge in [0.15, 0.2) is 17.1 Å². The molecular weight excluding hydrogens is 408 g/mol. The highest BCUT2D eigenvalue weighted by Crippen LogP contribution is 2.30. The maximum Gasteiger partial charge on any atom is 0.230 e. The van der Waals surface area contributed by atoms with Gasteiger partial charge in [-0.2, -0.15) is 0 Å². The molecule has 1 N–H and O–H groups in total. The molecule has 1 aliphatic carbocycles. The van der Waals surface area contributed by atoms with Crippen LogP contribution in [0.15, 0.2) is 23.4 Å². The normalized spacial score (nSPS) is 16.3. The van der Waals surface area contributed by atoms with Crippen LogP contribution in [0.4, 0.5) is 0 Å². The molecule has 29 heavy (non-hydrogen) atoms. The van der Waals surface area contributed by atoms with Crippen LogP contribution in [0.25, 0.3) is 0 Å². The molecule has 0 aliphatic heterocycles. The van der Waals surface area contributed by atoms with Crippen LogP contribution in [0.1, 0.15) is 62.9 Å². The number of nitrogens with one attached hydrogen (secondary N) is 1. The Balaban J connectivity index is 1.55. The average molecular weight is 437 g/mol. The van der Waals surface area contributed by atoms with Crippen molar-refractivity contribution in [1.29, 1.82) is 0 Å². The molecule has 0 saturated heterocycles. The van der Waals surface area contributed by atoms with Gasteiger partial charge in [-0.15, -0.1) is 10.2 Å². The Kier molecular flexibility index (Phi) is 7.84. The summed E-state index contributed by atoms with van der Waals surface area (Å²) in [4.78, 5) is 12.3. The van der Waals surface area contributed by atoms with Gasteiger partial charge in [0.2, 0.25) is 5.91 Å². The van der Waals surface area contributed by atoms with Gasteiger partial charge in [0.25, 0.3) is 0 Å². The smallest absolute Gasteiger partial charge is 0.230 e. The van der Waals surface area contributed by atoms with Crippen LogP contribution in [-0.4, -0.2) is 32.5 Å². The van der Waals surface area contributed by atoms with Gasteiger partial charge in [0.05, 0.1) is 10.8 Å². The van der Waals surface area contributed by atoms with E-state index in [0.29, 0.717) is 33.5 Å². The first kappa shape index (κ1) is 22.0. The van der Waals surface area contributed by atoms with Crippen molar-refractivity contribution in [3.8, 4) is 5.75 Å². The lowest BCUT2D eigenvalue weighted by molar-refractivity contribution is -0.119. The van der Waals surface area contributed by atoms with Crippen LogP contribution in [0.3, 0.4) is 0 Å². The quantitative estimate of drug-likeness (QED) is 0.496. The SMILES string of the molecule is Cc1ccc(Cl)c(O[C@@H](C)c2nnc(SCC(=O)NC3CCCCCC3)n2C)c1. The van der Waals surface area contributed by atoms with Crippen molar-refractivity contribution in [2.24, 2.45) is 7.05 Å². The molecule has 6 nitrogen and oxygen atoms in total. The van der Waals surface area contributed by atoms with Crippen LogP contribution in [-0.2, 0) is 11.8 Å². The Morgan fingerprint density at radius 2 is 2.03 bits per heavy atom. The Hall–Kier alpha value is -1.73. The van der Waals surface area contributed by atoms with E-state index in [1.54, 1.807) is 0 Å². The lowest BCUT2D eigenvalue weighted by atomic mass is 10.1. The predicted octanol–water partition coefficient (Wildman–Crippen LogP) is 4.85. The first-order valence-electron chi connectivity index (χ1n) is 10.2. The van der Waals surface area contributed by atoms with Crippen LogP contribution >= 0.6 is 23.4 Å². The fraction of sp³-hybridized carbons (Fsp3) is 0.571. The van der Waals surface area contributed by atoms with E-state index in [1.807, 2.05) is 43.7 Å². The first-order chi connectivity index (χ1) is 13.9. The number of nitrogens with zero attached hydrogens (tertiary/aromatic N) is 3. The molecule has 1 amide bonds. The molecule has 1 fully saturated rings. The van der Waals surface area contributed by atoms with Gasteiger partial charge >= 0.3 is 0 Å². The van der Waals surface area contributed by atoms with Crippen molar-refractivity contribution < 1.29 is 9.53 Å². The van der Waals surface area contributed by atoms with Gasteiger partial charge in [-0.1, -0.05) is 55.1 Å². The number of thioether (sulfide) groups is 1. The summed E-state index contributed by atoms with van der Waals surface area (Å²) in [5.74, 6) is 1.71. The van der Waals surface area contributed by atoms with E-state index in [4.69, 9.17) is 16.3 Å². The minimum absolute atomic E-state index is 0.0577. The third-order valence-corrected chi connectivity index (χ3v) is 6.51. The number of hydrogen-bond donors (Lipinski definition) is 1. The van der Waals surface area contributed by atoms with Crippen molar-refractivity contribution in [3.05, 3.63) is 34.6 Å². The topological polar surface area (TPSA) is 69.0 Å². The third-order valence-electron chi connectivity index (χ3n) is 5.18. The van der Waals surface area contributed by atoms with Crippen LogP contribution in [0, 0.1) is 6.92 Å². The Labute approximate surface area is 181 Å². The fourth-order valence-corrected chi connectivity index (χ4v) is 4.46. The summed E-state index contributed by atoms with van der Waals surface area (Å²) in [6.45, 7) is 3.90. The number of hydrogen-bond acceptors (Lipinski definition) is 5. The Bertz CT molecular complexity index is 834. The number of aryl methyl sites for hydroxylation is 1. The summed E-state index contributed by atoms with van der Waals surface area (Å²) in [5, 5.41) is 12.9. The van der Waals surface area contributed by atoms with Gasteiger partial charge in [-0.3, -0.25) is 4.79 Å². The van der Waals surface area contributed by atoms with Crippen LogP contribution < -0.4 is 10.1 Å². The molecule has 1 saturated carbocycles. The molecule has 0 unspecified atom stereocenters. The zero-order valence-electron chi connectivity index (χ0n) is 17.3. The molecule has 1 aromatic heterocycles. The Morgan fingerprint density at radius 3 is 2.76 bits per heavy atom. The van der Waals surface area contributed by atoms with E-state index in [1.165, 1.54) is 37.4 Å². The summed E-state index contributed by atoms with van der Waals surface area (Å²) < 4.78 is 7.87. The standard InChI is InChI=1S/C21H29ClN4O2S/c1-14-10-11-17(22)18(12-14)28-15(2)20-24-25-21(26(20)3)29-13-19(27)23-16-8-6-4-5-7-9-16/h10-12,15-16H,4-9,13H2,1-3H3,(H,23,27)/t15-/m0/s1. The highest BCUT2D eigenvalue weighted by Gasteiger charge is 2.20. The second kappa shape index (κ2) is 10.3. The molecule has 0 radical (unpaired) electrons. The summed E-state index contributed by atoms with van der Waals surface area (Å²) in [6, 6.07) is 5.98. The fourth-order valence-electron chi connectivity index (χ4n) is 3.57. The molecule has 1 aliphatic rings. The summed E-state index contributed by atoms with van der Waals surface area (Å²) in [6.07, 6.45) is 6.80. The third kappa shape index (κ3) is 6.12. The number of aromatic nitrogens is 3. The van der Waals surface area contributed by atoms with Crippen molar-refractivity contribution in [1.82, 2.24) is 20.1 Å². The minimum Gasteiger partial charge on any atom is -0.481 e. The van der Waals surface area contributed by atoms with E-state index < -0.39 is 0 Å². The number of benzene rings is 1. The summed E-state index contributed by atoms with van der Waals surface area (Å²) in [7, 11) is 1.89. The molecule has 1 aromatic carbocycles.